The van der Waals surface area contributed by atoms with Gasteiger partial charge in [-0.1, -0.05) is 6.92 Å². The number of carboxylic acids is 1. The van der Waals surface area contributed by atoms with Gasteiger partial charge in [-0.3, -0.25) is 4.79 Å². The average Bonchev–Trinajstić information content (AvgIpc) is 2.87. The molecule has 1 aliphatic rings. The fourth-order valence-electron chi connectivity index (χ4n) is 2.01. The summed E-state index contributed by atoms with van der Waals surface area (Å²) >= 11 is 0. The van der Waals surface area contributed by atoms with Crippen LogP contribution >= 0.6 is 0 Å². The zero-order chi connectivity index (χ0) is 11.6. The smallest absolute Gasteiger partial charge is 0.320 e. The van der Waals surface area contributed by atoms with E-state index in [2.05, 4.69) is 0 Å². The van der Waals surface area contributed by atoms with E-state index in [1.807, 2.05) is 0 Å². The van der Waals surface area contributed by atoms with E-state index in [9.17, 15) is 13.6 Å². The van der Waals surface area contributed by atoms with E-state index in [-0.39, 0.29) is 5.92 Å². The zero-order valence-corrected chi connectivity index (χ0v) is 8.75. The molecule has 1 fully saturated rings. The van der Waals surface area contributed by atoms with E-state index < -0.39 is 30.3 Å². The summed E-state index contributed by atoms with van der Waals surface area (Å²) < 4.78 is 27.3. The SMILES string of the molecule is CCC(C1CC1)C(F)(F)CC(N)C(=O)O. The fourth-order valence-corrected chi connectivity index (χ4v) is 2.01. The Kier molecular flexibility index (Phi) is 3.65. The van der Waals surface area contributed by atoms with Crippen LogP contribution in [0.5, 0.6) is 0 Å². The van der Waals surface area contributed by atoms with Gasteiger partial charge in [0.2, 0.25) is 0 Å². The van der Waals surface area contributed by atoms with Gasteiger partial charge in [0, 0.05) is 12.3 Å². The second kappa shape index (κ2) is 4.43. The van der Waals surface area contributed by atoms with Crippen molar-refractivity contribution in [1.29, 1.82) is 0 Å². The Hall–Kier alpha value is -0.710. The maximum atomic E-state index is 13.6. The number of aliphatic carboxylic acids is 1. The fraction of sp³-hybridized carbons (Fsp3) is 0.900. The Balaban J connectivity index is 2.58. The van der Waals surface area contributed by atoms with Crippen LogP contribution in [0, 0.1) is 11.8 Å². The predicted molar refractivity (Wildman–Crippen MR) is 51.7 cm³/mol. The van der Waals surface area contributed by atoms with Gasteiger partial charge in [0.05, 0.1) is 0 Å². The van der Waals surface area contributed by atoms with Crippen LogP contribution in [0.3, 0.4) is 0 Å². The van der Waals surface area contributed by atoms with E-state index in [1.54, 1.807) is 6.92 Å². The molecule has 0 saturated heterocycles. The molecular formula is C10H17F2NO2. The minimum absolute atomic E-state index is 0.0611. The highest BCUT2D eigenvalue weighted by molar-refractivity contribution is 5.73. The van der Waals surface area contributed by atoms with E-state index >= 15 is 0 Å². The van der Waals surface area contributed by atoms with Gasteiger partial charge in [-0.05, 0) is 25.2 Å². The molecule has 0 aromatic heterocycles. The lowest BCUT2D eigenvalue weighted by Crippen LogP contribution is -2.41. The summed E-state index contributed by atoms with van der Waals surface area (Å²) in [7, 11) is 0. The van der Waals surface area contributed by atoms with Crippen LogP contribution in [0.1, 0.15) is 32.6 Å². The molecule has 3 nitrogen and oxygen atoms in total. The van der Waals surface area contributed by atoms with Crippen molar-refractivity contribution in [3.05, 3.63) is 0 Å². The number of nitrogens with two attached hydrogens (primary N) is 1. The number of hydrogen-bond acceptors (Lipinski definition) is 2. The van der Waals surface area contributed by atoms with Gasteiger partial charge in [-0.25, -0.2) is 8.78 Å². The summed E-state index contributed by atoms with van der Waals surface area (Å²) in [5.74, 6) is -4.96. The molecular weight excluding hydrogens is 204 g/mol. The topological polar surface area (TPSA) is 63.3 Å². The van der Waals surface area contributed by atoms with Gasteiger partial charge in [0.25, 0.3) is 5.92 Å². The normalized spacial score (nSPS) is 21.1. The maximum absolute atomic E-state index is 13.6. The van der Waals surface area contributed by atoms with E-state index in [0.717, 1.165) is 12.8 Å². The molecule has 1 rings (SSSR count). The van der Waals surface area contributed by atoms with E-state index in [0.29, 0.717) is 6.42 Å². The summed E-state index contributed by atoms with van der Waals surface area (Å²) in [4.78, 5) is 10.4. The lowest BCUT2D eigenvalue weighted by Gasteiger charge is -2.27. The standard InChI is InChI=1S/C10H17F2NO2/c1-2-7(6-3-4-6)10(11,12)5-8(13)9(14)15/h6-8H,2-5,13H2,1H3,(H,14,15). The third-order valence-corrected chi connectivity index (χ3v) is 2.98. The first-order valence-electron chi connectivity index (χ1n) is 5.24. The molecule has 0 spiro atoms. The Bertz CT molecular complexity index is 242. The molecule has 15 heavy (non-hydrogen) atoms. The first-order chi connectivity index (χ1) is 6.88. The largest absolute Gasteiger partial charge is 0.480 e. The van der Waals surface area contributed by atoms with Crippen molar-refractivity contribution in [2.75, 3.05) is 0 Å². The number of rotatable bonds is 6. The average molecular weight is 221 g/mol. The van der Waals surface area contributed by atoms with Crippen LogP contribution in [-0.2, 0) is 4.79 Å². The molecule has 0 aliphatic heterocycles. The number of halogens is 2. The molecule has 0 radical (unpaired) electrons. The minimum atomic E-state index is -2.95. The Morgan fingerprint density at radius 2 is 2.13 bits per heavy atom. The molecule has 1 aliphatic carbocycles. The highest BCUT2D eigenvalue weighted by atomic mass is 19.3. The van der Waals surface area contributed by atoms with Gasteiger partial charge < -0.3 is 10.8 Å². The molecule has 0 amide bonds. The second-order valence-corrected chi connectivity index (χ2v) is 4.26. The molecule has 3 N–H and O–H groups in total. The molecule has 5 heteroatoms. The van der Waals surface area contributed by atoms with Gasteiger partial charge in [-0.2, -0.15) is 0 Å². The highest BCUT2D eigenvalue weighted by Gasteiger charge is 2.48. The van der Waals surface area contributed by atoms with Crippen LogP contribution in [0.15, 0.2) is 0 Å². The van der Waals surface area contributed by atoms with Crippen LogP contribution in [0.4, 0.5) is 8.78 Å². The number of carboxylic acid groups (broad SMARTS) is 1. The second-order valence-electron chi connectivity index (χ2n) is 4.26. The molecule has 2 unspecified atom stereocenters. The predicted octanol–water partition coefficient (Wildman–Crippen LogP) is 1.86. The molecule has 88 valence electrons. The van der Waals surface area contributed by atoms with Crippen LogP contribution in [0.25, 0.3) is 0 Å². The number of carbonyl (C=O) groups is 1. The molecule has 0 aromatic rings. The van der Waals surface area contributed by atoms with Gasteiger partial charge >= 0.3 is 5.97 Å². The first-order valence-corrected chi connectivity index (χ1v) is 5.24. The van der Waals surface area contributed by atoms with Crippen molar-refractivity contribution in [1.82, 2.24) is 0 Å². The summed E-state index contributed by atoms with van der Waals surface area (Å²) in [5, 5.41) is 8.50. The Labute approximate surface area is 87.6 Å². The third kappa shape index (κ3) is 3.12. The molecule has 2 atom stereocenters. The third-order valence-electron chi connectivity index (χ3n) is 2.98. The monoisotopic (exact) mass is 221 g/mol. The highest BCUT2D eigenvalue weighted by Crippen LogP contribution is 2.47. The van der Waals surface area contributed by atoms with Crippen molar-refractivity contribution in [3.63, 3.8) is 0 Å². The summed E-state index contributed by atoms with van der Waals surface area (Å²) in [6.45, 7) is 1.71. The molecule has 0 heterocycles. The summed E-state index contributed by atoms with van der Waals surface area (Å²) in [6, 6.07) is -1.47. The Morgan fingerprint density at radius 1 is 1.60 bits per heavy atom. The first kappa shape index (κ1) is 12.4. The van der Waals surface area contributed by atoms with Crippen LogP contribution < -0.4 is 5.73 Å². The van der Waals surface area contributed by atoms with Crippen molar-refractivity contribution in [2.45, 2.75) is 44.6 Å². The van der Waals surface area contributed by atoms with Crippen molar-refractivity contribution >= 4 is 5.97 Å². The number of alkyl halides is 2. The Morgan fingerprint density at radius 3 is 2.47 bits per heavy atom. The summed E-state index contributed by atoms with van der Waals surface area (Å²) in [6.07, 6.45) is 1.29. The lowest BCUT2D eigenvalue weighted by molar-refractivity contribution is -0.143. The molecule has 0 aromatic carbocycles. The van der Waals surface area contributed by atoms with Gasteiger partial charge in [-0.15, -0.1) is 0 Å². The molecule has 1 saturated carbocycles. The lowest BCUT2D eigenvalue weighted by atomic mass is 9.89. The summed E-state index contributed by atoms with van der Waals surface area (Å²) in [5.41, 5.74) is 5.14. The zero-order valence-electron chi connectivity index (χ0n) is 8.75. The van der Waals surface area contributed by atoms with E-state index in [4.69, 9.17) is 10.8 Å². The quantitative estimate of drug-likeness (QED) is 0.719. The maximum Gasteiger partial charge on any atom is 0.320 e. The molecule has 0 bridgehead atoms. The van der Waals surface area contributed by atoms with Crippen molar-refractivity contribution in [3.8, 4) is 0 Å². The van der Waals surface area contributed by atoms with Crippen molar-refractivity contribution in [2.24, 2.45) is 17.6 Å². The minimum Gasteiger partial charge on any atom is -0.480 e. The van der Waals surface area contributed by atoms with Crippen LogP contribution in [0.2, 0.25) is 0 Å². The van der Waals surface area contributed by atoms with Crippen LogP contribution in [-0.4, -0.2) is 23.0 Å². The van der Waals surface area contributed by atoms with Gasteiger partial charge in [0.15, 0.2) is 0 Å². The van der Waals surface area contributed by atoms with Crippen molar-refractivity contribution < 1.29 is 18.7 Å². The number of hydrogen-bond donors (Lipinski definition) is 2. The van der Waals surface area contributed by atoms with E-state index in [1.165, 1.54) is 0 Å². The van der Waals surface area contributed by atoms with Gasteiger partial charge in [0.1, 0.15) is 6.04 Å².